The van der Waals surface area contributed by atoms with Gasteiger partial charge in [0.15, 0.2) is 0 Å². The van der Waals surface area contributed by atoms with E-state index in [-0.39, 0.29) is 0 Å². The lowest BCUT2D eigenvalue weighted by Gasteiger charge is -2.20. The van der Waals surface area contributed by atoms with Gasteiger partial charge in [0.2, 0.25) is 5.95 Å². The van der Waals surface area contributed by atoms with Crippen molar-refractivity contribution in [3.63, 3.8) is 0 Å². The first kappa shape index (κ1) is 11.4. The molecule has 0 bridgehead atoms. The van der Waals surface area contributed by atoms with Crippen LogP contribution >= 0.6 is 15.9 Å². The Hall–Kier alpha value is -0.640. The Balaban J connectivity index is 2.68. The van der Waals surface area contributed by atoms with Gasteiger partial charge in [-0.05, 0) is 26.3 Å². The van der Waals surface area contributed by atoms with Crippen LogP contribution in [0.4, 0.5) is 5.95 Å². The van der Waals surface area contributed by atoms with E-state index in [1.807, 2.05) is 19.2 Å². The van der Waals surface area contributed by atoms with Crippen molar-refractivity contribution in [1.29, 1.82) is 0 Å². The topological polar surface area (TPSA) is 29.0 Å². The van der Waals surface area contributed by atoms with Crippen molar-refractivity contribution in [1.82, 2.24) is 9.97 Å². The Labute approximate surface area is 93.7 Å². The van der Waals surface area contributed by atoms with Crippen molar-refractivity contribution in [2.45, 2.75) is 20.3 Å². The van der Waals surface area contributed by atoms with Crippen molar-refractivity contribution in [3.8, 4) is 0 Å². The Morgan fingerprint density at radius 3 is 2.86 bits per heavy atom. The monoisotopic (exact) mass is 257 g/mol. The number of rotatable bonds is 5. The van der Waals surface area contributed by atoms with Crippen LogP contribution in [0.15, 0.2) is 12.3 Å². The average molecular weight is 258 g/mol. The Bertz CT molecular complexity index is 278. The minimum Gasteiger partial charge on any atom is -0.341 e. The van der Waals surface area contributed by atoms with Crippen molar-refractivity contribution >= 4 is 21.9 Å². The predicted molar refractivity (Wildman–Crippen MR) is 63.1 cm³/mol. The number of aromatic nitrogens is 2. The second-order valence-corrected chi connectivity index (χ2v) is 3.91. The SMILES string of the molecule is CCN(CCCBr)c1nccc(C)n1. The molecule has 0 aliphatic heterocycles. The summed E-state index contributed by atoms with van der Waals surface area (Å²) in [4.78, 5) is 10.8. The quantitative estimate of drug-likeness (QED) is 0.759. The maximum atomic E-state index is 4.40. The van der Waals surface area contributed by atoms with Crippen molar-refractivity contribution in [2.24, 2.45) is 0 Å². The van der Waals surface area contributed by atoms with E-state index in [1.165, 1.54) is 0 Å². The lowest BCUT2D eigenvalue weighted by molar-refractivity contribution is 0.765. The molecule has 78 valence electrons. The third-order valence-corrected chi connectivity index (χ3v) is 2.57. The van der Waals surface area contributed by atoms with Crippen LogP contribution < -0.4 is 4.90 Å². The van der Waals surface area contributed by atoms with Crippen LogP contribution in [0.3, 0.4) is 0 Å². The third kappa shape index (κ3) is 3.25. The fourth-order valence-electron chi connectivity index (χ4n) is 1.24. The number of aryl methyl sites for hydroxylation is 1. The zero-order chi connectivity index (χ0) is 10.4. The number of hydrogen-bond donors (Lipinski definition) is 0. The molecule has 0 spiro atoms. The highest BCUT2D eigenvalue weighted by Crippen LogP contribution is 2.07. The summed E-state index contributed by atoms with van der Waals surface area (Å²) in [6.45, 7) is 6.07. The number of hydrogen-bond acceptors (Lipinski definition) is 3. The molecule has 0 fully saturated rings. The molecule has 3 nitrogen and oxygen atoms in total. The molecular weight excluding hydrogens is 242 g/mol. The molecule has 0 saturated carbocycles. The molecule has 0 saturated heterocycles. The van der Waals surface area contributed by atoms with Crippen LogP contribution in [-0.4, -0.2) is 28.4 Å². The zero-order valence-corrected chi connectivity index (χ0v) is 10.3. The van der Waals surface area contributed by atoms with Crippen LogP contribution in [-0.2, 0) is 0 Å². The molecule has 0 aromatic carbocycles. The van der Waals surface area contributed by atoms with Gasteiger partial charge in [-0.1, -0.05) is 15.9 Å². The molecule has 0 radical (unpaired) electrons. The first-order valence-electron chi connectivity index (χ1n) is 4.88. The summed E-state index contributed by atoms with van der Waals surface area (Å²) in [5, 5.41) is 1.02. The first-order valence-corrected chi connectivity index (χ1v) is 6.00. The smallest absolute Gasteiger partial charge is 0.225 e. The molecule has 14 heavy (non-hydrogen) atoms. The van der Waals surface area contributed by atoms with E-state index in [9.17, 15) is 0 Å². The van der Waals surface area contributed by atoms with Gasteiger partial charge in [-0.2, -0.15) is 0 Å². The first-order chi connectivity index (χ1) is 6.77. The summed E-state index contributed by atoms with van der Waals surface area (Å²) < 4.78 is 0. The minimum absolute atomic E-state index is 0.841. The lowest BCUT2D eigenvalue weighted by atomic mass is 10.4. The predicted octanol–water partition coefficient (Wildman–Crippen LogP) is 2.40. The largest absolute Gasteiger partial charge is 0.341 e. The van der Waals surface area contributed by atoms with E-state index >= 15 is 0 Å². The molecule has 0 aliphatic rings. The summed E-state index contributed by atoms with van der Waals surface area (Å²) in [5.41, 5.74) is 1.02. The molecule has 0 aliphatic carbocycles. The lowest BCUT2D eigenvalue weighted by Crippen LogP contribution is -2.26. The van der Waals surface area contributed by atoms with E-state index in [2.05, 4.69) is 37.7 Å². The number of halogens is 1. The molecule has 4 heteroatoms. The summed E-state index contributed by atoms with van der Waals surface area (Å²) in [5.74, 6) is 0.841. The van der Waals surface area contributed by atoms with Gasteiger partial charge < -0.3 is 4.90 Å². The summed E-state index contributed by atoms with van der Waals surface area (Å²) in [6.07, 6.45) is 2.93. The second-order valence-electron chi connectivity index (χ2n) is 3.12. The van der Waals surface area contributed by atoms with Gasteiger partial charge >= 0.3 is 0 Å². The molecule has 1 aromatic heterocycles. The van der Waals surface area contributed by atoms with Gasteiger partial charge in [-0.15, -0.1) is 0 Å². The average Bonchev–Trinajstić information content (AvgIpc) is 2.19. The highest BCUT2D eigenvalue weighted by molar-refractivity contribution is 9.09. The fraction of sp³-hybridized carbons (Fsp3) is 0.600. The number of alkyl halides is 1. The normalized spacial score (nSPS) is 10.2. The van der Waals surface area contributed by atoms with Gasteiger partial charge in [0.1, 0.15) is 0 Å². The molecule has 0 atom stereocenters. The van der Waals surface area contributed by atoms with Gasteiger partial charge in [-0.25, -0.2) is 9.97 Å². The Morgan fingerprint density at radius 2 is 2.29 bits per heavy atom. The van der Waals surface area contributed by atoms with Crippen LogP contribution in [0.1, 0.15) is 19.0 Å². The Kier molecular flexibility index (Phi) is 4.87. The number of anilines is 1. The highest BCUT2D eigenvalue weighted by atomic mass is 79.9. The van der Waals surface area contributed by atoms with Gasteiger partial charge in [0.05, 0.1) is 0 Å². The maximum absolute atomic E-state index is 4.40. The third-order valence-electron chi connectivity index (χ3n) is 2.01. The van der Waals surface area contributed by atoms with Gasteiger partial charge in [-0.3, -0.25) is 0 Å². The molecule has 1 heterocycles. The van der Waals surface area contributed by atoms with Crippen molar-refractivity contribution in [3.05, 3.63) is 18.0 Å². The van der Waals surface area contributed by atoms with E-state index in [0.29, 0.717) is 0 Å². The molecule has 0 N–H and O–H groups in total. The Morgan fingerprint density at radius 1 is 1.50 bits per heavy atom. The van der Waals surface area contributed by atoms with Gasteiger partial charge in [0.25, 0.3) is 0 Å². The molecule has 0 unspecified atom stereocenters. The second kappa shape index (κ2) is 5.96. The van der Waals surface area contributed by atoms with Crippen molar-refractivity contribution < 1.29 is 0 Å². The fourth-order valence-corrected chi connectivity index (χ4v) is 1.49. The summed E-state index contributed by atoms with van der Waals surface area (Å²) in [6, 6.07) is 1.92. The van der Waals surface area contributed by atoms with Gasteiger partial charge in [0, 0.05) is 30.3 Å². The molecular formula is C10H16BrN3. The van der Waals surface area contributed by atoms with Crippen LogP contribution in [0.2, 0.25) is 0 Å². The van der Waals surface area contributed by atoms with Crippen LogP contribution in [0.5, 0.6) is 0 Å². The number of nitrogens with zero attached hydrogens (tertiary/aromatic N) is 3. The summed E-state index contributed by atoms with van der Waals surface area (Å²) >= 11 is 3.43. The molecule has 1 rings (SSSR count). The molecule has 1 aromatic rings. The van der Waals surface area contributed by atoms with E-state index < -0.39 is 0 Å². The van der Waals surface area contributed by atoms with Crippen LogP contribution in [0, 0.1) is 6.92 Å². The van der Waals surface area contributed by atoms with Crippen molar-refractivity contribution in [2.75, 3.05) is 23.3 Å². The maximum Gasteiger partial charge on any atom is 0.225 e. The zero-order valence-electron chi connectivity index (χ0n) is 8.70. The van der Waals surface area contributed by atoms with E-state index in [4.69, 9.17) is 0 Å². The van der Waals surface area contributed by atoms with Crippen LogP contribution in [0.25, 0.3) is 0 Å². The highest BCUT2D eigenvalue weighted by Gasteiger charge is 2.05. The molecule has 0 amide bonds. The minimum atomic E-state index is 0.841. The van der Waals surface area contributed by atoms with E-state index in [1.54, 1.807) is 0 Å². The summed E-state index contributed by atoms with van der Waals surface area (Å²) in [7, 11) is 0. The van der Waals surface area contributed by atoms with E-state index in [0.717, 1.165) is 36.5 Å². The standard InChI is InChI=1S/C10H16BrN3/c1-3-14(8-4-6-11)10-12-7-5-9(2)13-10/h5,7H,3-4,6,8H2,1-2H3.